The highest BCUT2D eigenvalue weighted by atomic mass is 16.5. The van der Waals surface area contributed by atoms with Crippen molar-refractivity contribution in [2.45, 2.75) is 44.0 Å². The maximum absolute atomic E-state index is 12.6. The molecule has 1 unspecified atom stereocenters. The highest BCUT2D eigenvalue weighted by Gasteiger charge is 2.30. The van der Waals surface area contributed by atoms with Gasteiger partial charge in [-0.25, -0.2) is 9.59 Å². The van der Waals surface area contributed by atoms with Crippen molar-refractivity contribution in [3.8, 4) is 5.69 Å². The zero-order valence-electron chi connectivity index (χ0n) is 19.9. The first-order valence-electron chi connectivity index (χ1n) is 11.9. The summed E-state index contributed by atoms with van der Waals surface area (Å²) in [6.07, 6.45) is 4.71. The molecule has 3 atom stereocenters. The first-order chi connectivity index (χ1) is 16.4. The summed E-state index contributed by atoms with van der Waals surface area (Å²) in [4.78, 5) is 33.0. The van der Waals surface area contributed by atoms with Gasteiger partial charge in [0.25, 0.3) is 0 Å². The number of hydrogen-bond donors (Lipinski definition) is 3. The van der Waals surface area contributed by atoms with E-state index in [1.54, 1.807) is 24.3 Å². The van der Waals surface area contributed by atoms with Gasteiger partial charge >= 0.3 is 11.7 Å². The van der Waals surface area contributed by atoms with Crippen LogP contribution in [-0.4, -0.2) is 83.9 Å². The Labute approximate surface area is 200 Å². The van der Waals surface area contributed by atoms with Gasteiger partial charge in [0.2, 0.25) is 0 Å². The van der Waals surface area contributed by atoms with Crippen LogP contribution in [0, 0.1) is 0 Å². The van der Waals surface area contributed by atoms with E-state index in [0.29, 0.717) is 19.1 Å². The lowest BCUT2D eigenvalue weighted by Crippen LogP contribution is -2.48. The number of hydrogen-bond acceptors (Lipinski definition) is 7. The molecule has 2 amide bonds. The monoisotopic (exact) mass is 469 g/mol. The van der Waals surface area contributed by atoms with E-state index in [0.717, 1.165) is 50.1 Å². The predicted molar refractivity (Wildman–Crippen MR) is 131 cm³/mol. The minimum absolute atomic E-state index is 0.104. The topological polar surface area (TPSA) is 118 Å². The zero-order valence-corrected chi connectivity index (χ0v) is 19.9. The van der Waals surface area contributed by atoms with Gasteiger partial charge in [0.15, 0.2) is 0 Å². The molecule has 1 saturated carbocycles. The molecule has 2 heterocycles. The SMILES string of the molecule is CO[C@H]1C[C@@H](N(C)Cc2ccc(-n3ccc(NC(=O)N4CCNCC4)nc3=O)cc2)CCC1N. The molecule has 2 aliphatic rings. The predicted octanol–water partition coefficient (Wildman–Crippen LogP) is 0.996. The fourth-order valence-electron chi connectivity index (χ4n) is 4.71. The van der Waals surface area contributed by atoms with Crippen molar-refractivity contribution in [2.75, 3.05) is 45.7 Å². The normalized spacial score (nSPS) is 23.2. The molecule has 10 heteroatoms. The van der Waals surface area contributed by atoms with Crippen LogP contribution in [0.5, 0.6) is 0 Å². The van der Waals surface area contributed by atoms with Crippen LogP contribution in [0.4, 0.5) is 10.6 Å². The fraction of sp³-hybridized carbons (Fsp3) is 0.542. The second-order valence-electron chi connectivity index (χ2n) is 9.12. The maximum atomic E-state index is 12.6. The molecular weight excluding hydrogens is 434 g/mol. The molecule has 4 rings (SSSR count). The van der Waals surface area contributed by atoms with E-state index in [2.05, 4.69) is 27.6 Å². The fourth-order valence-corrected chi connectivity index (χ4v) is 4.71. The highest BCUT2D eigenvalue weighted by Crippen LogP contribution is 2.25. The number of nitrogens with zero attached hydrogens (tertiary/aromatic N) is 4. The zero-order chi connectivity index (χ0) is 24.1. The van der Waals surface area contributed by atoms with Crippen molar-refractivity contribution in [1.29, 1.82) is 0 Å². The lowest BCUT2D eigenvalue weighted by Gasteiger charge is -2.38. The van der Waals surface area contributed by atoms with Crippen LogP contribution in [-0.2, 0) is 11.3 Å². The van der Waals surface area contributed by atoms with Gasteiger partial charge in [-0.1, -0.05) is 12.1 Å². The number of nitrogens with one attached hydrogen (secondary N) is 2. The third kappa shape index (κ3) is 5.82. The molecule has 0 radical (unpaired) electrons. The van der Waals surface area contributed by atoms with Gasteiger partial charge in [-0.15, -0.1) is 0 Å². The number of aromatic nitrogens is 2. The summed E-state index contributed by atoms with van der Waals surface area (Å²) < 4.78 is 7.02. The summed E-state index contributed by atoms with van der Waals surface area (Å²) in [5.74, 6) is 0.254. The van der Waals surface area contributed by atoms with Gasteiger partial charge in [-0.05, 0) is 50.1 Å². The maximum Gasteiger partial charge on any atom is 0.354 e. The summed E-state index contributed by atoms with van der Waals surface area (Å²) in [5, 5.41) is 5.92. The van der Waals surface area contributed by atoms with E-state index in [1.165, 1.54) is 4.57 Å². The van der Waals surface area contributed by atoms with E-state index >= 15 is 0 Å². The van der Waals surface area contributed by atoms with Gasteiger partial charge in [-0.2, -0.15) is 4.98 Å². The summed E-state index contributed by atoms with van der Waals surface area (Å²) in [7, 11) is 3.86. The van der Waals surface area contributed by atoms with Crippen molar-refractivity contribution < 1.29 is 9.53 Å². The summed E-state index contributed by atoms with van der Waals surface area (Å²) in [6, 6.07) is 9.84. The van der Waals surface area contributed by atoms with Crippen LogP contribution in [0.15, 0.2) is 41.3 Å². The average molecular weight is 470 g/mol. The molecular formula is C24H35N7O3. The number of benzene rings is 1. The summed E-state index contributed by atoms with van der Waals surface area (Å²) >= 11 is 0. The van der Waals surface area contributed by atoms with E-state index < -0.39 is 5.69 Å². The largest absolute Gasteiger partial charge is 0.380 e. The number of ether oxygens (including phenoxy) is 1. The molecule has 2 fully saturated rings. The number of nitrogens with two attached hydrogens (primary N) is 1. The molecule has 1 saturated heterocycles. The van der Waals surface area contributed by atoms with E-state index in [1.807, 2.05) is 24.3 Å². The van der Waals surface area contributed by atoms with Crippen LogP contribution in [0.1, 0.15) is 24.8 Å². The van der Waals surface area contributed by atoms with Gasteiger partial charge in [0.1, 0.15) is 5.82 Å². The van der Waals surface area contributed by atoms with Crippen molar-refractivity contribution in [2.24, 2.45) is 5.73 Å². The quantitative estimate of drug-likeness (QED) is 0.578. The standard InChI is InChI=1S/C24H35N7O3/c1-29(19-7-8-20(25)21(15-19)34-2)16-17-3-5-18(6-4-17)31-12-9-22(28-24(31)33)27-23(32)30-13-10-26-11-14-30/h3-6,9,12,19-21,26H,7-8,10-11,13-16,25H2,1-2H3,(H,27,28,32,33)/t19-,20?,21-/m0/s1. The number of carbonyl (C=O) groups is 1. The molecule has 10 nitrogen and oxygen atoms in total. The first kappa shape index (κ1) is 24.3. The number of rotatable bonds is 6. The second kappa shape index (κ2) is 11.1. The molecule has 184 valence electrons. The Morgan fingerprint density at radius 1 is 1.24 bits per heavy atom. The summed E-state index contributed by atoms with van der Waals surface area (Å²) in [5.41, 5.74) is 7.61. The Kier molecular flexibility index (Phi) is 7.94. The second-order valence-corrected chi connectivity index (χ2v) is 9.12. The molecule has 34 heavy (non-hydrogen) atoms. The van der Waals surface area contributed by atoms with E-state index in [9.17, 15) is 9.59 Å². The first-order valence-corrected chi connectivity index (χ1v) is 11.9. The molecule has 1 aromatic heterocycles. The molecule has 0 bridgehead atoms. The van der Waals surface area contributed by atoms with Crippen LogP contribution < -0.4 is 22.1 Å². The van der Waals surface area contributed by atoms with Gasteiger partial charge in [0.05, 0.1) is 11.8 Å². The van der Waals surface area contributed by atoms with Crippen LogP contribution in [0.2, 0.25) is 0 Å². The number of carbonyl (C=O) groups excluding carboxylic acids is 1. The Morgan fingerprint density at radius 3 is 2.65 bits per heavy atom. The Balaban J connectivity index is 1.36. The highest BCUT2D eigenvalue weighted by molar-refractivity contribution is 5.88. The van der Waals surface area contributed by atoms with Gasteiger partial charge in [0, 0.05) is 58.1 Å². The average Bonchev–Trinajstić information content (AvgIpc) is 2.85. The van der Waals surface area contributed by atoms with Gasteiger partial charge in [-0.3, -0.25) is 14.8 Å². The van der Waals surface area contributed by atoms with Crippen molar-refractivity contribution in [1.82, 2.24) is 24.7 Å². The molecule has 1 aliphatic carbocycles. The number of methoxy groups -OCH3 is 1. The Hall–Kier alpha value is -2.79. The third-order valence-electron chi connectivity index (χ3n) is 6.83. The van der Waals surface area contributed by atoms with E-state index in [4.69, 9.17) is 10.5 Å². The smallest absolute Gasteiger partial charge is 0.354 e. The van der Waals surface area contributed by atoms with Crippen LogP contribution in [0.3, 0.4) is 0 Å². The lowest BCUT2D eigenvalue weighted by molar-refractivity contribution is 0.0188. The van der Waals surface area contributed by atoms with Gasteiger partial charge < -0.3 is 20.7 Å². The number of piperazine rings is 1. The number of anilines is 1. The lowest BCUT2D eigenvalue weighted by atomic mass is 9.88. The van der Waals surface area contributed by atoms with Crippen LogP contribution in [0.25, 0.3) is 5.69 Å². The van der Waals surface area contributed by atoms with Crippen molar-refractivity contribution in [3.05, 3.63) is 52.6 Å². The number of urea groups is 1. The minimum Gasteiger partial charge on any atom is -0.380 e. The van der Waals surface area contributed by atoms with E-state index in [-0.39, 0.29) is 24.0 Å². The molecule has 4 N–H and O–H groups in total. The minimum atomic E-state index is -0.438. The number of amides is 2. The molecule has 1 aliphatic heterocycles. The third-order valence-corrected chi connectivity index (χ3v) is 6.83. The summed E-state index contributed by atoms with van der Waals surface area (Å²) in [6.45, 7) is 3.59. The van der Waals surface area contributed by atoms with Crippen molar-refractivity contribution in [3.63, 3.8) is 0 Å². The Bertz CT molecular complexity index is 1020. The molecule has 2 aromatic rings. The molecule has 0 spiro atoms. The van der Waals surface area contributed by atoms with Crippen LogP contribution >= 0.6 is 0 Å². The molecule has 1 aromatic carbocycles. The van der Waals surface area contributed by atoms with Crippen molar-refractivity contribution >= 4 is 11.8 Å². The Morgan fingerprint density at radius 2 is 1.97 bits per heavy atom.